The van der Waals surface area contributed by atoms with E-state index in [4.69, 9.17) is 0 Å². The smallest absolute Gasteiger partial charge is 0.242 e. The van der Waals surface area contributed by atoms with Crippen LogP contribution in [-0.4, -0.2) is 47.8 Å². The maximum Gasteiger partial charge on any atom is 0.242 e. The maximum absolute atomic E-state index is 12.4. The molecular formula is C18H32N2O2. The standard InChI is InChI=1S/C18H32N2O2/c1-4-12-19(13-5-2)18(22)15-20(16(3)21)14-11-17-9-7-6-8-10-17/h9H,4-8,10-15H2,1-3H3. The van der Waals surface area contributed by atoms with Crippen molar-refractivity contribution < 1.29 is 9.59 Å². The van der Waals surface area contributed by atoms with Gasteiger partial charge in [-0.15, -0.1) is 0 Å². The van der Waals surface area contributed by atoms with Gasteiger partial charge in [0.05, 0.1) is 6.54 Å². The highest BCUT2D eigenvalue weighted by atomic mass is 16.2. The van der Waals surface area contributed by atoms with E-state index in [-0.39, 0.29) is 18.4 Å². The molecule has 0 unspecified atom stereocenters. The third kappa shape index (κ3) is 6.63. The molecule has 0 aromatic heterocycles. The molecule has 1 aliphatic carbocycles. The van der Waals surface area contributed by atoms with E-state index >= 15 is 0 Å². The molecule has 4 heteroatoms. The third-order valence-corrected chi connectivity index (χ3v) is 4.20. The van der Waals surface area contributed by atoms with Gasteiger partial charge in [-0.2, -0.15) is 0 Å². The lowest BCUT2D eigenvalue weighted by molar-refractivity contribution is -0.139. The summed E-state index contributed by atoms with van der Waals surface area (Å²) < 4.78 is 0. The zero-order chi connectivity index (χ0) is 16.4. The lowest BCUT2D eigenvalue weighted by Gasteiger charge is -2.27. The molecule has 0 spiro atoms. The van der Waals surface area contributed by atoms with Gasteiger partial charge in [-0.3, -0.25) is 9.59 Å². The zero-order valence-electron chi connectivity index (χ0n) is 14.6. The van der Waals surface area contributed by atoms with E-state index in [0.29, 0.717) is 6.54 Å². The van der Waals surface area contributed by atoms with Gasteiger partial charge in [0.25, 0.3) is 0 Å². The first kappa shape index (κ1) is 18.7. The molecule has 0 fully saturated rings. The van der Waals surface area contributed by atoms with Gasteiger partial charge in [-0.25, -0.2) is 0 Å². The molecule has 1 rings (SSSR count). The van der Waals surface area contributed by atoms with Crippen LogP contribution in [0.25, 0.3) is 0 Å². The average molecular weight is 308 g/mol. The van der Waals surface area contributed by atoms with Crippen molar-refractivity contribution in [1.29, 1.82) is 0 Å². The summed E-state index contributed by atoms with van der Waals surface area (Å²) in [7, 11) is 0. The molecule has 0 atom stereocenters. The van der Waals surface area contributed by atoms with Gasteiger partial charge in [0.2, 0.25) is 11.8 Å². The monoisotopic (exact) mass is 308 g/mol. The molecule has 0 aliphatic heterocycles. The van der Waals surface area contributed by atoms with Gasteiger partial charge in [0, 0.05) is 26.6 Å². The van der Waals surface area contributed by atoms with Gasteiger partial charge in [0.15, 0.2) is 0 Å². The second kappa shape index (κ2) is 10.4. The van der Waals surface area contributed by atoms with E-state index in [2.05, 4.69) is 19.9 Å². The van der Waals surface area contributed by atoms with Gasteiger partial charge in [0.1, 0.15) is 0 Å². The second-order valence-corrected chi connectivity index (χ2v) is 6.18. The van der Waals surface area contributed by atoms with Crippen LogP contribution < -0.4 is 0 Å². The molecule has 0 radical (unpaired) electrons. The molecule has 0 heterocycles. The van der Waals surface area contributed by atoms with Crippen LogP contribution in [-0.2, 0) is 9.59 Å². The first-order valence-corrected chi connectivity index (χ1v) is 8.79. The van der Waals surface area contributed by atoms with Crippen molar-refractivity contribution in [2.75, 3.05) is 26.2 Å². The Labute approximate surface area is 135 Å². The van der Waals surface area contributed by atoms with Crippen LogP contribution >= 0.6 is 0 Å². The van der Waals surface area contributed by atoms with Gasteiger partial charge < -0.3 is 9.80 Å². The highest BCUT2D eigenvalue weighted by Crippen LogP contribution is 2.20. The predicted molar refractivity (Wildman–Crippen MR) is 90.6 cm³/mol. The summed E-state index contributed by atoms with van der Waals surface area (Å²) in [6, 6.07) is 0. The van der Waals surface area contributed by atoms with E-state index in [1.165, 1.54) is 18.4 Å². The second-order valence-electron chi connectivity index (χ2n) is 6.18. The number of hydrogen-bond donors (Lipinski definition) is 0. The van der Waals surface area contributed by atoms with E-state index in [0.717, 1.165) is 45.2 Å². The molecule has 126 valence electrons. The van der Waals surface area contributed by atoms with Crippen molar-refractivity contribution in [2.24, 2.45) is 0 Å². The number of carbonyl (C=O) groups excluding carboxylic acids is 2. The van der Waals surface area contributed by atoms with Crippen LogP contribution in [0.2, 0.25) is 0 Å². The van der Waals surface area contributed by atoms with Crippen molar-refractivity contribution in [3.63, 3.8) is 0 Å². The van der Waals surface area contributed by atoms with Gasteiger partial charge >= 0.3 is 0 Å². The SMILES string of the molecule is CCCN(CCC)C(=O)CN(CCC1=CCCCC1)C(C)=O. The van der Waals surface area contributed by atoms with Crippen molar-refractivity contribution >= 4 is 11.8 Å². The largest absolute Gasteiger partial charge is 0.341 e. The van der Waals surface area contributed by atoms with Crippen LogP contribution in [0.1, 0.15) is 65.7 Å². The van der Waals surface area contributed by atoms with Crippen LogP contribution in [0.15, 0.2) is 11.6 Å². The number of allylic oxidation sites excluding steroid dienone is 1. The van der Waals surface area contributed by atoms with Crippen LogP contribution in [0.3, 0.4) is 0 Å². The van der Waals surface area contributed by atoms with Gasteiger partial charge in [-0.05, 0) is 44.9 Å². The summed E-state index contributed by atoms with van der Waals surface area (Å²) in [5.74, 6) is 0.0780. The van der Waals surface area contributed by atoms with E-state index in [1.54, 1.807) is 11.8 Å². The summed E-state index contributed by atoms with van der Waals surface area (Å²) in [6.07, 6.45) is 9.98. The minimum atomic E-state index is -0.00212. The summed E-state index contributed by atoms with van der Waals surface area (Å²) in [5, 5.41) is 0. The Morgan fingerprint density at radius 3 is 2.23 bits per heavy atom. The fraction of sp³-hybridized carbons (Fsp3) is 0.778. The summed E-state index contributed by atoms with van der Waals surface area (Å²) in [5.41, 5.74) is 1.45. The fourth-order valence-corrected chi connectivity index (χ4v) is 2.92. The number of amides is 2. The topological polar surface area (TPSA) is 40.6 Å². The van der Waals surface area contributed by atoms with Crippen molar-refractivity contribution in [3.05, 3.63) is 11.6 Å². The number of nitrogens with zero attached hydrogens (tertiary/aromatic N) is 2. The molecule has 0 N–H and O–H groups in total. The number of carbonyl (C=O) groups is 2. The summed E-state index contributed by atoms with van der Waals surface area (Å²) >= 11 is 0. The molecule has 4 nitrogen and oxygen atoms in total. The van der Waals surface area contributed by atoms with Crippen LogP contribution in [0.4, 0.5) is 0 Å². The van der Waals surface area contributed by atoms with E-state index < -0.39 is 0 Å². The normalized spacial score (nSPS) is 14.4. The van der Waals surface area contributed by atoms with Gasteiger partial charge in [-0.1, -0.05) is 25.5 Å². The molecule has 22 heavy (non-hydrogen) atoms. The van der Waals surface area contributed by atoms with Crippen molar-refractivity contribution in [3.8, 4) is 0 Å². The Hall–Kier alpha value is -1.32. The molecule has 1 aliphatic rings. The number of hydrogen-bond acceptors (Lipinski definition) is 2. The first-order valence-electron chi connectivity index (χ1n) is 8.79. The zero-order valence-corrected chi connectivity index (χ0v) is 14.6. The lowest BCUT2D eigenvalue weighted by Crippen LogP contribution is -2.43. The molecule has 0 saturated carbocycles. The Bertz CT molecular complexity index is 385. The minimum Gasteiger partial charge on any atom is -0.341 e. The average Bonchev–Trinajstić information content (AvgIpc) is 2.51. The Balaban J connectivity index is 2.53. The number of rotatable bonds is 9. The minimum absolute atomic E-state index is 0.00212. The Morgan fingerprint density at radius 2 is 1.73 bits per heavy atom. The van der Waals surface area contributed by atoms with Crippen molar-refractivity contribution in [2.45, 2.75) is 65.7 Å². The molecule has 2 amide bonds. The highest BCUT2D eigenvalue weighted by Gasteiger charge is 2.18. The van der Waals surface area contributed by atoms with Crippen LogP contribution in [0.5, 0.6) is 0 Å². The maximum atomic E-state index is 12.4. The summed E-state index contributed by atoms with van der Waals surface area (Å²) in [6.45, 7) is 8.17. The lowest BCUT2D eigenvalue weighted by atomic mass is 9.97. The van der Waals surface area contributed by atoms with Crippen LogP contribution in [0, 0.1) is 0 Å². The quantitative estimate of drug-likeness (QED) is 0.613. The van der Waals surface area contributed by atoms with E-state index in [9.17, 15) is 9.59 Å². The molecular weight excluding hydrogens is 276 g/mol. The fourth-order valence-electron chi connectivity index (χ4n) is 2.92. The predicted octanol–water partition coefficient (Wildman–Crippen LogP) is 3.37. The van der Waals surface area contributed by atoms with Crippen molar-refractivity contribution in [1.82, 2.24) is 9.80 Å². The molecule has 0 saturated heterocycles. The molecule has 0 aromatic rings. The molecule has 0 aromatic carbocycles. The Morgan fingerprint density at radius 1 is 1.05 bits per heavy atom. The third-order valence-electron chi connectivity index (χ3n) is 4.20. The molecule has 0 bridgehead atoms. The summed E-state index contributed by atoms with van der Waals surface area (Å²) in [4.78, 5) is 27.8. The van der Waals surface area contributed by atoms with E-state index in [1.807, 2.05) is 4.90 Å². The Kier molecular flexibility index (Phi) is 8.86. The first-order chi connectivity index (χ1) is 10.6. The highest BCUT2D eigenvalue weighted by molar-refractivity contribution is 5.83.